The summed E-state index contributed by atoms with van der Waals surface area (Å²) < 4.78 is 32.3. The van der Waals surface area contributed by atoms with E-state index in [1.807, 2.05) is 0 Å². The van der Waals surface area contributed by atoms with Crippen LogP contribution in [0.3, 0.4) is 0 Å². The molecule has 2 rings (SSSR count). The van der Waals surface area contributed by atoms with Crippen molar-refractivity contribution in [3.63, 3.8) is 0 Å². The van der Waals surface area contributed by atoms with Crippen LogP contribution in [0.2, 0.25) is 5.02 Å². The first-order valence-electron chi connectivity index (χ1n) is 5.19. The van der Waals surface area contributed by atoms with Gasteiger partial charge in [-0.15, -0.1) is 0 Å². The Labute approximate surface area is 121 Å². The molecule has 0 spiro atoms. The fourth-order valence-electron chi connectivity index (χ4n) is 1.38. The van der Waals surface area contributed by atoms with Gasteiger partial charge in [-0.2, -0.15) is 4.39 Å². The molecule has 3 nitrogen and oxygen atoms in total. The number of hydrogen-bond acceptors (Lipinski definition) is 3. The summed E-state index contributed by atoms with van der Waals surface area (Å²) in [5, 5.41) is 0.385. The number of benzene rings is 1. The Balaban J connectivity index is 2.36. The molecule has 1 heterocycles. The minimum Gasteiger partial charge on any atom is -0.436 e. The molecule has 0 aliphatic heterocycles. The first-order chi connectivity index (χ1) is 9.01. The highest BCUT2D eigenvalue weighted by molar-refractivity contribution is 9.10. The van der Waals surface area contributed by atoms with E-state index in [1.54, 1.807) is 0 Å². The second-order valence-corrected chi connectivity index (χ2v) is 4.91. The van der Waals surface area contributed by atoms with Crippen molar-refractivity contribution < 1.29 is 13.5 Å². The minimum absolute atomic E-state index is 0.0845. The van der Waals surface area contributed by atoms with Crippen LogP contribution in [0.5, 0.6) is 11.6 Å². The standard InChI is InChI=1S/C12H8BrClF2N2O/c13-6-3-8(15)12(16)10(4-6)19-11-2-1-7(14)9(5-17)18-11/h1-4H,5,17H2. The van der Waals surface area contributed by atoms with Gasteiger partial charge in [0.05, 0.1) is 10.7 Å². The van der Waals surface area contributed by atoms with Crippen molar-refractivity contribution in [3.05, 3.63) is 51.1 Å². The molecule has 0 aliphatic carbocycles. The summed E-state index contributed by atoms with van der Waals surface area (Å²) >= 11 is 8.89. The van der Waals surface area contributed by atoms with Crippen molar-refractivity contribution in [2.75, 3.05) is 0 Å². The molecule has 1 aromatic heterocycles. The van der Waals surface area contributed by atoms with Gasteiger partial charge in [0.25, 0.3) is 0 Å². The number of ether oxygens (including phenoxy) is 1. The summed E-state index contributed by atoms with van der Waals surface area (Å²) in [6.07, 6.45) is 0. The largest absolute Gasteiger partial charge is 0.436 e. The van der Waals surface area contributed by atoms with E-state index >= 15 is 0 Å². The second kappa shape index (κ2) is 5.81. The Morgan fingerprint density at radius 1 is 1.32 bits per heavy atom. The molecule has 100 valence electrons. The average Bonchev–Trinajstić information content (AvgIpc) is 2.37. The van der Waals surface area contributed by atoms with E-state index in [0.29, 0.717) is 15.2 Å². The molecular weight excluding hydrogens is 341 g/mol. The van der Waals surface area contributed by atoms with Crippen molar-refractivity contribution in [2.45, 2.75) is 6.54 Å². The number of aromatic nitrogens is 1. The van der Waals surface area contributed by atoms with Gasteiger partial charge in [0.15, 0.2) is 11.6 Å². The Morgan fingerprint density at radius 3 is 2.74 bits per heavy atom. The van der Waals surface area contributed by atoms with Crippen LogP contribution in [0.1, 0.15) is 5.69 Å². The fourth-order valence-corrected chi connectivity index (χ4v) is 1.97. The maximum absolute atomic E-state index is 13.5. The van der Waals surface area contributed by atoms with Crippen LogP contribution >= 0.6 is 27.5 Å². The molecule has 1 aromatic carbocycles. The predicted molar refractivity (Wildman–Crippen MR) is 71.3 cm³/mol. The lowest BCUT2D eigenvalue weighted by Crippen LogP contribution is -2.02. The van der Waals surface area contributed by atoms with E-state index in [4.69, 9.17) is 22.1 Å². The van der Waals surface area contributed by atoms with Crippen molar-refractivity contribution in [3.8, 4) is 11.6 Å². The van der Waals surface area contributed by atoms with Crippen LogP contribution in [-0.2, 0) is 6.54 Å². The van der Waals surface area contributed by atoms with Crippen LogP contribution in [-0.4, -0.2) is 4.98 Å². The highest BCUT2D eigenvalue weighted by atomic mass is 79.9. The number of nitrogens with two attached hydrogens (primary N) is 1. The SMILES string of the molecule is NCc1nc(Oc2cc(Br)cc(F)c2F)ccc1Cl. The molecule has 0 atom stereocenters. The van der Waals surface area contributed by atoms with Gasteiger partial charge in [-0.05, 0) is 18.2 Å². The lowest BCUT2D eigenvalue weighted by molar-refractivity contribution is 0.404. The van der Waals surface area contributed by atoms with Gasteiger partial charge in [-0.3, -0.25) is 0 Å². The van der Waals surface area contributed by atoms with Gasteiger partial charge in [0.1, 0.15) is 0 Å². The third-order valence-corrected chi connectivity index (χ3v) is 3.06. The zero-order valence-corrected chi connectivity index (χ0v) is 11.8. The molecule has 0 bridgehead atoms. The van der Waals surface area contributed by atoms with Crippen molar-refractivity contribution in [2.24, 2.45) is 5.73 Å². The maximum Gasteiger partial charge on any atom is 0.219 e. The van der Waals surface area contributed by atoms with E-state index in [9.17, 15) is 8.78 Å². The smallest absolute Gasteiger partial charge is 0.219 e. The summed E-state index contributed by atoms with van der Waals surface area (Å²) in [4.78, 5) is 4.00. The molecule has 7 heteroatoms. The van der Waals surface area contributed by atoms with E-state index in [1.165, 1.54) is 18.2 Å². The number of pyridine rings is 1. The zero-order chi connectivity index (χ0) is 14.0. The van der Waals surface area contributed by atoms with Gasteiger partial charge in [-0.25, -0.2) is 9.37 Å². The predicted octanol–water partition coefficient (Wildman–Crippen LogP) is 4.03. The number of rotatable bonds is 3. The third-order valence-electron chi connectivity index (χ3n) is 2.26. The molecule has 0 unspecified atom stereocenters. The molecule has 0 amide bonds. The summed E-state index contributed by atoms with van der Waals surface area (Å²) in [7, 11) is 0. The Hall–Kier alpha value is -1.24. The van der Waals surface area contributed by atoms with E-state index in [0.717, 1.165) is 6.07 Å². The Kier molecular flexibility index (Phi) is 4.34. The van der Waals surface area contributed by atoms with Crippen molar-refractivity contribution in [1.29, 1.82) is 0 Å². The quantitative estimate of drug-likeness (QED) is 0.851. The topological polar surface area (TPSA) is 48.1 Å². The number of hydrogen-bond donors (Lipinski definition) is 1. The van der Waals surface area contributed by atoms with Crippen LogP contribution < -0.4 is 10.5 Å². The molecule has 0 saturated heterocycles. The first-order valence-corrected chi connectivity index (χ1v) is 6.36. The second-order valence-electron chi connectivity index (χ2n) is 3.58. The number of halogens is 4. The number of nitrogens with zero attached hydrogens (tertiary/aromatic N) is 1. The monoisotopic (exact) mass is 348 g/mol. The Bertz CT molecular complexity index is 625. The van der Waals surface area contributed by atoms with Gasteiger partial charge in [0.2, 0.25) is 11.7 Å². The lowest BCUT2D eigenvalue weighted by Gasteiger charge is -2.08. The van der Waals surface area contributed by atoms with Gasteiger partial charge < -0.3 is 10.5 Å². The summed E-state index contributed by atoms with van der Waals surface area (Å²) in [5.74, 6) is -2.29. The highest BCUT2D eigenvalue weighted by Crippen LogP contribution is 2.29. The molecule has 0 radical (unpaired) electrons. The molecule has 19 heavy (non-hydrogen) atoms. The Morgan fingerprint density at radius 2 is 2.05 bits per heavy atom. The van der Waals surface area contributed by atoms with Gasteiger partial charge in [-0.1, -0.05) is 27.5 Å². The first kappa shape index (κ1) is 14.2. The summed E-state index contributed by atoms with van der Waals surface area (Å²) in [6, 6.07) is 5.28. The van der Waals surface area contributed by atoms with E-state index in [2.05, 4.69) is 20.9 Å². The van der Waals surface area contributed by atoms with Crippen LogP contribution in [0.4, 0.5) is 8.78 Å². The third kappa shape index (κ3) is 3.20. The average molecular weight is 350 g/mol. The molecule has 2 N–H and O–H groups in total. The van der Waals surface area contributed by atoms with Gasteiger partial charge >= 0.3 is 0 Å². The molecule has 0 aliphatic rings. The highest BCUT2D eigenvalue weighted by Gasteiger charge is 2.13. The van der Waals surface area contributed by atoms with Crippen molar-refractivity contribution >= 4 is 27.5 Å². The molecule has 2 aromatic rings. The fraction of sp³-hybridized carbons (Fsp3) is 0.0833. The molecule has 0 fully saturated rings. The lowest BCUT2D eigenvalue weighted by atomic mass is 10.3. The zero-order valence-electron chi connectivity index (χ0n) is 9.46. The van der Waals surface area contributed by atoms with Gasteiger partial charge in [0, 0.05) is 17.1 Å². The minimum atomic E-state index is -1.09. The van der Waals surface area contributed by atoms with Crippen LogP contribution in [0.25, 0.3) is 0 Å². The summed E-state index contributed by atoms with van der Waals surface area (Å²) in [6.45, 7) is 0.116. The van der Waals surface area contributed by atoms with Crippen LogP contribution in [0.15, 0.2) is 28.7 Å². The normalized spacial score (nSPS) is 10.6. The van der Waals surface area contributed by atoms with Crippen molar-refractivity contribution in [1.82, 2.24) is 4.98 Å². The van der Waals surface area contributed by atoms with E-state index < -0.39 is 11.6 Å². The maximum atomic E-state index is 13.5. The molecular formula is C12H8BrClF2N2O. The van der Waals surface area contributed by atoms with Crippen LogP contribution in [0, 0.1) is 11.6 Å². The molecule has 0 saturated carbocycles. The van der Waals surface area contributed by atoms with E-state index in [-0.39, 0.29) is 18.2 Å². The summed E-state index contributed by atoms with van der Waals surface area (Å²) in [5.41, 5.74) is 5.86.